The number of rotatable bonds is 3. The molecule has 0 fully saturated rings. The molecule has 7 nitrogen and oxygen atoms in total. The number of aryl methyl sites for hydroxylation is 1. The molecule has 0 saturated carbocycles. The maximum atomic E-state index is 12.2. The number of pyridine rings is 1. The molecule has 0 radical (unpaired) electrons. The number of carbonyl (C=O) groups is 2. The monoisotopic (exact) mass is 392 g/mol. The lowest BCUT2D eigenvalue weighted by Gasteiger charge is -2.19. The van der Waals surface area contributed by atoms with Crippen LogP contribution in [0.3, 0.4) is 0 Å². The Balaban J connectivity index is 2.04. The van der Waals surface area contributed by atoms with Gasteiger partial charge in [0.25, 0.3) is 0 Å². The largest absolute Gasteiger partial charge is 0.464 e. The number of aromatic nitrogens is 3. The summed E-state index contributed by atoms with van der Waals surface area (Å²) in [4.78, 5) is 34.6. The van der Waals surface area contributed by atoms with Crippen LogP contribution in [0.1, 0.15) is 19.5 Å². The smallest absolute Gasteiger partial charge is 0.331 e. The summed E-state index contributed by atoms with van der Waals surface area (Å²) in [6.07, 6.45) is 0. The van der Waals surface area contributed by atoms with E-state index < -0.39 is 12.0 Å². The van der Waals surface area contributed by atoms with Crippen molar-refractivity contribution >= 4 is 33.8 Å². The summed E-state index contributed by atoms with van der Waals surface area (Å²) < 4.78 is 7.56. The summed E-state index contributed by atoms with van der Waals surface area (Å²) in [6, 6.07) is 4.97. The molecular weight excluding hydrogens is 376 g/mol. The second-order valence-corrected chi connectivity index (χ2v) is 6.23. The van der Waals surface area contributed by atoms with Crippen molar-refractivity contribution in [1.29, 1.82) is 0 Å². The van der Waals surface area contributed by atoms with Crippen molar-refractivity contribution in [3.63, 3.8) is 0 Å². The van der Waals surface area contributed by atoms with E-state index in [1.807, 2.05) is 25.1 Å². The lowest BCUT2D eigenvalue weighted by molar-refractivity contribution is -0.145. The normalized spacial score (nSPS) is 16.2. The lowest BCUT2D eigenvalue weighted by atomic mass is 10.2. The molecule has 0 aliphatic carbocycles. The molecule has 0 bridgehead atoms. The minimum absolute atomic E-state index is 0.256. The van der Waals surface area contributed by atoms with E-state index in [-0.39, 0.29) is 12.5 Å². The van der Waals surface area contributed by atoms with Crippen molar-refractivity contribution in [2.45, 2.75) is 33.4 Å². The number of ether oxygens (including phenoxy) is 1. The van der Waals surface area contributed by atoms with Gasteiger partial charge in [0.1, 0.15) is 10.3 Å². The van der Waals surface area contributed by atoms with Gasteiger partial charge < -0.3 is 9.30 Å². The molecule has 1 aliphatic heterocycles. The Kier molecular flexibility index (Phi) is 4.40. The topological polar surface area (TPSA) is 77.3 Å². The summed E-state index contributed by atoms with van der Waals surface area (Å²) in [5.41, 5.74) is 2.22. The number of nitrogens with zero attached hydrogens (tertiary/aromatic N) is 4. The molecule has 2 aromatic rings. The van der Waals surface area contributed by atoms with Gasteiger partial charge in [0.2, 0.25) is 11.9 Å². The summed E-state index contributed by atoms with van der Waals surface area (Å²) in [7, 11) is 0. The Bertz CT molecular complexity index is 818. The molecule has 2 aromatic heterocycles. The number of fused-ring (bicyclic) bond motifs is 1. The first kappa shape index (κ1) is 16.6. The molecule has 0 N–H and O–H groups in total. The van der Waals surface area contributed by atoms with Gasteiger partial charge in [0.05, 0.1) is 18.8 Å². The molecule has 3 heterocycles. The van der Waals surface area contributed by atoms with Crippen LogP contribution in [0.25, 0.3) is 11.4 Å². The Morgan fingerprint density at radius 1 is 1.38 bits per heavy atom. The van der Waals surface area contributed by atoms with E-state index >= 15 is 0 Å². The van der Waals surface area contributed by atoms with Crippen LogP contribution >= 0.6 is 15.9 Å². The number of carbonyl (C=O) groups excluding carboxylic acids is 2. The molecule has 1 atom stereocenters. The number of anilines is 1. The lowest BCUT2D eigenvalue weighted by Crippen LogP contribution is -2.43. The predicted molar refractivity (Wildman–Crippen MR) is 91.5 cm³/mol. The third-order valence-corrected chi connectivity index (χ3v) is 4.60. The zero-order valence-corrected chi connectivity index (χ0v) is 15.2. The summed E-state index contributed by atoms with van der Waals surface area (Å²) in [5.74, 6) is -0.265. The van der Waals surface area contributed by atoms with E-state index in [2.05, 4.69) is 25.9 Å². The van der Waals surface area contributed by atoms with Gasteiger partial charge in [0.15, 0.2) is 6.04 Å². The molecule has 1 unspecified atom stereocenters. The Labute approximate surface area is 147 Å². The first-order valence-corrected chi connectivity index (χ1v) is 8.39. The van der Waals surface area contributed by atoms with Crippen LogP contribution < -0.4 is 4.90 Å². The molecule has 0 spiro atoms. The van der Waals surface area contributed by atoms with Gasteiger partial charge in [0, 0.05) is 12.6 Å². The van der Waals surface area contributed by atoms with Gasteiger partial charge in [-0.05, 0) is 41.9 Å². The SMILES string of the molecule is CCOC(=O)C1Cn2c(nc(-c3cccc(C)n3)c2Br)N1C(C)=O. The first-order valence-electron chi connectivity index (χ1n) is 7.60. The van der Waals surface area contributed by atoms with E-state index in [1.165, 1.54) is 11.8 Å². The summed E-state index contributed by atoms with van der Waals surface area (Å²) >= 11 is 3.53. The number of amides is 1. The Morgan fingerprint density at radius 2 is 2.12 bits per heavy atom. The maximum absolute atomic E-state index is 12.2. The molecule has 0 aromatic carbocycles. The predicted octanol–water partition coefficient (Wildman–Crippen LogP) is 2.31. The van der Waals surface area contributed by atoms with Gasteiger partial charge in [-0.1, -0.05) is 6.07 Å². The van der Waals surface area contributed by atoms with Crippen LogP contribution in [0.15, 0.2) is 22.8 Å². The maximum Gasteiger partial charge on any atom is 0.331 e. The van der Waals surface area contributed by atoms with Crippen LogP contribution in [0.5, 0.6) is 0 Å². The second-order valence-electron chi connectivity index (χ2n) is 5.48. The molecular formula is C16H17BrN4O3. The zero-order valence-electron chi connectivity index (χ0n) is 13.6. The molecule has 0 saturated heterocycles. The molecule has 3 rings (SSSR count). The highest BCUT2D eigenvalue weighted by molar-refractivity contribution is 9.10. The number of hydrogen-bond donors (Lipinski definition) is 0. The number of imidazole rings is 1. The van der Waals surface area contributed by atoms with Crippen molar-refractivity contribution in [2.75, 3.05) is 11.5 Å². The summed E-state index contributed by atoms with van der Waals surface area (Å²) in [5, 5.41) is 0. The van der Waals surface area contributed by atoms with Crippen LogP contribution in [-0.2, 0) is 20.9 Å². The minimum atomic E-state index is -0.694. The van der Waals surface area contributed by atoms with E-state index in [0.717, 1.165) is 5.69 Å². The van der Waals surface area contributed by atoms with Crippen LogP contribution in [0, 0.1) is 6.92 Å². The minimum Gasteiger partial charge on any atom is -0.464 e. The standard InChI is InChI=1S/C16H17BrN4O3/c1-4-24-15(23)12-8-20-14(17)13(11-7-5-6-9(2)18-11)19-16(20)21(12)10(3)22/h5-7,12H,4,8H2,1-3H3. The molecule has 8 heteroatoms. The van der Waals surface area contributed by atoms with Gasteiger partial charge in [-0.3, -0.25) is 14.7 Å². The van der Waals surface area contributed by atoms with E-state index in [1.54, 1.807) is 11.5 Å². The fourth-order valence-electron chi connectivity index (χ4n) is 2.78. The van der Waals surface area contributed by atoms with Crippen molar-refractivity contribution in [2.24, 2.45) is 0 Å². The van der Waals surface area contributed by atoms with Crippen molar-refractivity contribution < 1.29 is 14.3 Å². The quantitative estimate of drug-likeness (QED) is 0.748. The van der Waals surface area contributed by atoms with E-state index in [9.17, 15) is 9.59 Å². The van der Waals surface area contributed by atoms with E-state index in [4.69, 9.17) is 4.74 Å². The number of halogens is 1. The van der Waals surface area contributed by atoms with Crippen molar-refractivity contribution in [3.05, 3.63) is 28.5 Å². The van der Waals surface area contributed by atoms with E-state index in [0.29, 0.717) is 28.5 Å². The van der Waals surface area contributed by atoms with Crippen molar-refractivity contribution in [1.82, 2.24) is 14.5 Å². The zero-order chi connectivity index (χ0) is 17.4. The third-order valence-electron chi connectivity index (χ3n) is 3.80. The first-order chi connectivity index (χ1) is 11.4. The van der Waals surface area contributed by atoms with Crippen LogP contribution in [-0.4, -0.2) is 39.1 Å². The third kappa shape index (κ3) is 2.71. The molecule has 1 aliphatic rings. The second kappa shape index (κ2) is 6.35. The highest BCUT2D eigenvalue weighted by Crippen LogP contribution is 2.36. The molecule has 1 amide bonds. The van der Waals surface area contributed by atoms with Gasteiger partial charge in [-0.2, -0.15) is 0 Å². The number of hydrogen-bond acceptors (Lipinski definition) is 5. The average molecular weight is 393 g/mol. The van der Waals surface area contributed by atoms with Crippen LogP contribution in [0.4, 0.5) is 5.95 Å². The van der Waals surface area contributed by atoms with Crippen LogP contribution in [0.2, 0.25) is 0 Å². The fraction of sp³-hybridized carbons (Fsp3) is 0.375. The highest BCUT2D eigenvalue weighted by Gasteiger charge is 2.41. The average Bonchev–Trinajstić information content (AvgIpc) is 3.05. The highest BCUT2D eigenvalue weighted by atomic mass is 79.9. The van der Waals surface area contributed by atoms with Gasteiger partial charge in [-0.25, -0.2) is 9.78 Å². The molecule has 126 valence electrons. The Morgan fingerprint density at radius 3 is 2.75 bits per heavy atom. The van der Waals surface area contributed by atoms with Gasteiger partial charge >= 0.3 is 5.97 Å². The molecule has 24 heavy (non-hydrogen) atoms. The fourth-order valence-corrected chi connectivity index (χ4v) is 3.37. The van der Waals surface area contributed by atoms with Gasteiger partial charge in [-0.15, -0.1) is 0 Å². The Hall–Kier alpha value is -2.22. The number of esters is 1. The van der Waals surface area contributed by atoms with Crippen molar-refractivity contribution in [3.8, 4) is 11.4 Å². The summed E-state index contributed by atoms with van der Waals surface area (Å²) in [6.45, 7) is 5.62.